The van der Waals surface area contributed by atoms with Crippen molar-refractivity contribution in [1.82, 2.24) is 4.98 Å². The van der Waals surface area contributed by atoms with Crippen LogP contribution in [0, 0.1) is 0 Å². The monoisotopic (exact) mass is 367 g/mol. The van der Waals surface area contributed by atoms with E-state index in [0.29, 0.717) is 28.6 Å². The van der Waals surface area contributed by atoms with Gasteiger partial charge in [0.25, 0.3) is 5.91 Å². The van der Waals surface area contributed by atoms with Crippen LogP contribution in [0.4, 0.5) is 11.5 Å². The molecule has 1 aromatic heterocycles. The molecule has 2 aromatic carbocycles. The predicted molar refractivity (Wildman–Crippen MR) is 104 cm³/mol. The minimum Gasteiger partial charge on any atom is -0.496 e. The fourth-order valence-electron chi connectivity index (χ4n) is 2.51. The van der Waals surface area contributed by atoms with Crippen LogP contribution in [-0.4, -0.2) is 18.0 Å². The molecule has 0 aliphatic rings. The molecule has 0 unspecified atom stereocenters. The van der Waals surface area contributed by atoms with Crippen molar-refractivity contribution in [2.24, 2.45) is 0 Å². The van der Waals surface area contributed by atoms with Gasteiger partial charge < -0.3 is 15.4 Å². The number of pyridine rings is 1. The van der Waals surface area contributed by atoms with Crippen molar-refractivity contribution in [3.63, 3.8) is 0 Å². The van der Waals surface area contributed by atoms with Gasteiger partial charge in [-0.15, -0.1) is 0 Å². The number of carbonyl (C=O) groups excluding carboxylic acids is 1. The molecule has 132 valence electrons. The Hall–Kier alpha value is -3.05. The largest absolute Gasteiger partial charge is 0.496 e. The topological polar surface area (TPSA) is 63.2 Å². The number of rotatable bonds is 6. The third-order valence-corrected chi connectivity index (χ3v) is 4.14. The standard InChI is InChI=1S/C20H18ClN3O2/c1-26-18-11-5-2-7-14(18)13-23-19-15(8-6-12-22-19)20(25)24-17-10-4-3-9-16(17)21/h2-12H,13H2,1H3,(H,22,23)(H,24,25). The van der Waals surface area contributed by atoms with Crippen LogP contribution in [0.5, 0.6) is 5.75 Å². The molecule has 2 N–H and O–H groups in total. The first-order valence-electron chi connectivity index (χ1n) is 8.05. The molecule has 0 saturated carbocycles. The fourth-order valence-corrected chi connectivity index (χ4v) is 2.69. The Morgan fingerprint density at radius 1 is 1.08 bits per heavy atom. The van der Waals surface area contributed by atoms with Gasteiger partial charge in [-0.05, 0) is 30.3 Å². The van der Waals surface area contributed by atoms with Crippen LogP contribution in [0.2, 0.25) is 5.02 Å². The van der Waals surface area contributed by atoms with Gasteiger partial charge in [0.1, 0.15) is 11.6 Å². The highest BCUT2D eigenvalue weighted by Gasteiger charge is 2.14. The second-order valence-corrected chi connectivity index (χ2v) is 5.91. The molecular formula is C20H18ClN3O2. The zero-order valence-electron chi connectivity index (χ0n) is 14.2. The van der Waals surface area contributed by atoms with Gasteiger partial charge in [0, 0.05) is 18.3 Å². The second kappa shape index (κ2) is 8.36. The van der Waals surface area contributed by atoms with Gasteiger partial charge in [0.2, 0.25) is 0 Å². The second-order valence-electron chi connectivity index (χ2n) is 5.50. The number of para-hydroxylation sites is 2. The maximum atomic E-state index is 12.6. The Morgan fingerprint density at radius 3 is 2.65 bits per heavy atom. The summed E-state index contributed by atoms with van der Waals surface area (Å²) in [6, 6.07) is 18.2. The Bertz CT molecular complexity index is 915. The SMILES string of the molecule is COc1ccccc1CNc1ncccc1C(=O)Nc1ccccc1Cl. The smallest absolute Gasteiger partial charge is 0.259 e. The summed E-state index contributed by atoms with van der Waals surface area (Å²) in [6.45, 7) is 0.480. The van der Waals surface area contributed by atoms with Crippen molar-refractivity contribution in [2.45, 2.75) is 6.54 Å². The van der Waals surface area contributed by atoms with E-state index in [-0.39, 0.29) is 5.91 Å². The summed E-state index contributed by atoms with van der Waals surface area (Å²) >= 11 is 6.11. The van der Waals surface area contributed by atoms with E-state index in [2.05, 4.69) is 15.6 Å². The highest BCUT2D eigenvalue weighted by atomic mass is 35.5. The molecule has 6 heteroatoms. The Balaban J connectivity index is 1.78. The number of aromatic nitrogens is 1. The molecule has 5 nitrogen and oxygen atoms in total. The molecule has 1 amide bonds. The lowest BCUT2D eigenvalue weighted by molar-refractivity contribution is 0.102. The molecule has 0 aliphatic carbocycles. The number of hydrogen-bond donors (Lipinski definition) is 2. The number of amides is 1. The summed E-state index contributed by atoms with van der Waals surface area (Å²) in [7, 11) is 1.63. The van der Waals surface area contributed by atoms with E-state index >= 15 is 0 Å². The molecule has 1 heterocycles. The molecule has 0 saturated heterocycles. The highest BCUT2D eigenvalue weighted by Crippen LogP contribution is 2.23. The minimum absolute atomic E-state index is 0.284. The summed E-state index contributed by atoms with van der Waals surface area (Å²) in [5, 5.41) is 6.49. The van der Waals surface area contributed by atoms with E-state index in [9.17, 15) is 4.79 Å². The first kappa shape index (κ1) is 17.8. The summed E-state index contributed by atoms with van der Waals surface area (Å²) < 4.78 is 5.35. The average molecular weight is 368 g/mol. The lowest BCUT2D eigenvalue weighted by Gasteiger charge is -2.13. The zero-order valence-corrected chi connectivity index (χ0v) is 15.0. The van der Waals surface area contributed by atoms with Crippen LogP contribution in [-0.2, 0) is 6.54 Å². The quantitative estimate of drug-likeness (QED) is 0.668. The molecule has 3 rings (SSSR count). The Kier molecular flexibility index (Phi) is 5.71. The maximum absolute atomic E-state index is 12.6. The average Bonchev–Trinajstić information content (AvgIpc) is 2.68. The van der Waals surface area contributed by atoms with Gasteiger partial charge >= 0.3 is 0 Å². The molecule has 0 aliphatic heterocycles. The van der Waals surface area contributed by atoms with E-state index < -0.39 is 0 Å². The number of anilines is 2. The van der Waals surface area contributed by atoms with Gasteiger partial charge in [0.05, 0.1) is 23.4 Å². The Labute approximate surface area is 157 Å². The number of benzene rings is 2. The predicted octanol–water partition coefficient (Wildman–Crippen LogP) is 4.61. The van der Waals surface area contributed by atoms with Crippen LogP contribution in [0.25, 0.3) is 0 Å². The van der Waals surface area contributed by atoms with Crippen molar-refractivity contribution < 1.29 is 9.53 Å². The van der Waals surface area contributed by atoms with E-state index in [4.69, 9.17) is 16.3 Å². The first-order chi connectivity index (χ1) is 12.7. The van der Waals surface area contributed by atoms with Gasteiger partial charge in [-0.25, -0.2) is 4.98 Å². The summed E-state index contributed by atoms with van der Waals surface area (Å²) in [4.78, 5) is 16.9. The van der Waals surface area contributed by atoms with Crippen molar-refractivity contribution in [3.8, 4) is 5.75 Å². The summed E-state index contributed by atoms with van der Waals surface area (Å²) in [5.74, 6) is 0.981. The van der Waals surface area contributed by atoms with Crippen molar-refractivity contribution >= 4 is 29.0 Å². The van der Waals surface area contributed by atoms with E-state index in [0.717, 1.165) is 11.3 Å². The molecule has 0 fully saturated rings. The highest BCUT2D eigenvalue weighted by molar-refractivity contribution is 6.34. The van der Waals surface area contributed by atoms with Gasteiger partial charge in [-0.3, -0.25) is 4.79 Å². The maximum Gasteiger partial charge on any atom is 0.259 e. The summed E-state index contributed by atoms with van der Waals surface area (Å²) in [6.07, 6.45) is 1.64. The number of hydrogen-bond acceptors (Lipinski definition) is 4. The van der Waals surface area contributed by atoms with Crippen LogP contribution < -0.4 is 15.4 Å². The van der Waals surface area contributed by atoms with E-state index in [1.807, 2.05) is 36.4 Å². The number of ether oxygens (including phenoxy) is 1. The zero-order chi connectivity index (χ0) is 18.4. The summed E-state index contributed by atoms with van der Waals surface area (Å²) in [5.41, 5.74) is 1.96. The normalized spacial score (nSPS) is 10.2. The molecule has 0 radical (unpaired) electrons. The van der Waals surface area contributed by atoms with Gasteiger partial charge in [-0.1, -0.05) is 41.9 Å². The minimum atomic E-state index is -0.284. The third-order valence-electron chi connectivity index (χ3n) is 3.81. The van der Waals surface area contributed by atoms with Gasteiger partial charge in [-0.2, -0.15) is 0 Å². The molecule has 0 bridgehead atoms. The van der Waals surface area contributed by atoms with E-state index in [1.165, 1.54) is 0 Å². The van der Waals surface area contributed by atoms with Crippen molar-refractivity contribution in [1.29, 1.82) is 0 Å². The first-order valence-corrected chi connectivity index (χ1v) is 8.43. The molecule has 0 atom stereocenters. The van der Waals surface area contributed by atoms with Crippen LogP contribution >= 0.6 is 11.6 Å². The molecule has 26 heavy (non-hydrogen) atoms. The lowest BCUT2D eigenvalue weighted by atomic mass is 10.2. The lowest BCUT2D eigenvalue weighted by Crippen LogP contribution is -2.16. The fraction of sp³-hybridized carbons (Fsp3) is 0.100. The number of carbonyl (C=O) groups is 1. The van der Waals surface area contributed by atoms with Crippen LogP contribution in [0.15, 0.2) is 66.9 Å². The van der Waals surface area contributed by atoms with Crippen molar-refractivity contribution in [3.05, 3.63) is 83.0 Å². The van der Waals surface area contributed by atoms with Crippen LogP contribution in [0.1, 0.15) is 15.9 Å². The number of halogens is 1. The molecule has 0 spiro atoms. The molecule has 3 aromatic rings. The van der Waals surface area contributed by atoms with E-state index in [1.54, 1.807) is 37.6 Å². The number of nitrogens with one attached hydrogen (secondary N) is 2. The van der Waals surface area contributed by atoms with Crippen molar-refractivity contribution in [2.75, 3.05) is 17.7 Å². The Morgan fingerprint density at radius 2 is 1.85 bits per heavy atom. The van der Waals surface area contributed by atoms with Gasteiger partial charge in [0.15, 0.2) is 0 Å². The number of methoxy groups -OCH3 is 1. The van der Waals surface area contributed by atoms with Crippen LogP contribution in [0.3, 0.4) is 0 Å². The molecular weight excluding hydrogens is 350 g/mol. The third kappa shape index (κ3) is 4.13. The number of nitrogens with zero attached hydrogens (tertiary/aromatic N) is 1.